The molecule has 1 rings (SSSR count). The molecule has 0 amide bonds. The Hall–Kier alpha value is -0.480. The number of unbranched alkanes of at least 4 members (excludes halogenated alkanes) is 2. The number of hydrogen-bond donors (Lipinski definition) is 2. The number of thioether (sulfide) groups is 1. The topological polar surface area (TPSA) is 40.7 Å². The molecular weight excluding hydrogens is 206 g/mol. The number of hydrogen-bond acceptors (Lipinski definition) is 3. The van der Waals surface area contributed by atoms with Gasteiger partial charge in [0.25, 0.3) is 0 Å². The number of rotatable bonds is 8. The zero-order chi connectivity index (χ0) is 10.9. The van der Waals surface area contributed by atoms with Crippen molar-refractivity contribution in [2.24, 2.45) is 0 Å². The molecule has 0 saturated carbocycles. The highest BCUT2D eigenvalue weighted by Crippen LogP contribution is 2.02. The van der Waals surface area contributed by atoms with Gasteiger partial charge >= 0.3 is 0 Å². The second kappa shape index (κ2) is 7.77. The molecule has 0 aliphatic rings. The molecule has 1 heterocycles. The van der Waals surface area contributed by atoms with Crippen LogP contribution in [0, 0.1) is 6.92 Å². The summed E-state index contributed by atoms with van der Waals surface area (Å²) in [6.45, 7) is 4.04. The first kappa shape index (κ1) is 12.6. The molecule has 0 atom stereocenters. The number of aromatic amines is 1. The van der Waals surface area contributed by atoms with Gasteiger partial charge in [0.1, 0.15) is 0 Å². The van der Waals surface area contributed by atoms with E-state index >= 15 is 0 Å². The van der Waals surface area contributed by atoms with Gasteiger partial charge in [0.05, 0.1) is 12.0 Å². The lowest BCUT2D eigenvalue weighted by Crippen LogP contribution is -2.15. The lowest BCUT2D eigenvalue weighted by Gasteiger charge is -2.03. The van der Waals surface area contributed by atoms with Crippen molar-refractivity contribution in [3.8, 4) is 0 Å². The highest BCUT2D eigenvalue weighted by molar-refractivity contribution is 7.98. The average molecular weight is 227 g/mol. The smallest absolute Gasteiger partial charge is 0.0925 e. The number of H-pyrrole nitrogens is 1. The van der Waals surface area contributed by atoms with Crippen LogP contribution < -0.4 is 5.32 Å². The monoisotopic (exact) mass is 227 g/mol. The molecule has 0 aliphatic carbocycles. The summed E-state index contributed by atoms with van der Waals surface area (Å²) < 4.78 is 0. The van der Waals surface area contributed by atoms with Crippen LogP contribution in [0.5, 0.6) is 0 Å². The van der Waals surface area contributed by atoms with Gasteiger partial charge in [-0.2, -0.15) is 11.8 Å². The van der Waals surface area contributed by atoms with Crippen molar-refractivity contribution in [3.05, 3.63) is 17.7 Å². The van der Waals surface area contributed by atoms with Crippen LogP contribution >= 0.6 is 11.8 Å². The van der Waals surface area contributed by atoms with Crippen molar-refractivity contribution in [1.29, 1.82) is 0 Å². The average Bonchev–Trinajstić information content (AvgIpc) is 2.63. The Balaban J connectivity index is 1.96. The molecule has 1 aromatic heterocycles. The van der Waals surface area contributed by atoms with E-state index in [-0.39, 0.29) is 0 Å². The molecule has 0 unspecified atom stereocenters. The van der Waals surface area contributed by atoms with Gasteiger partial charge in [-0.15, -0.1) is 0 Å². The Morgan fingerprint density at radius 1 is 1.40 bits per heavy atom. The van der Waals surface area contributed by atoms with E-state index in [0.717, 1.165) is 18.8 Å². The number of imidazole rings is 1. The third-order valence-electron chi connectivity index (χ3n) is 2.43. The van der Waals surface area contributed by atoms with Crippen LogP contribution in [-0.4, -0.2) is 28.5 Å². The molecule has 2 N–H and O–H groups in total. The molecule has 3 nitrogen and oxygen atoms in total. The van der Waals surface area contributed by atoms with Crippen LogP contribution in [-0.2, 0) is 6.54 Å². The Labute approximate surface area is 96.5 Å². The molecule has 1 aromatic rings. The molecule has 0 spiro atoms. The van der Waals surface area contributed by atoms with Crippen LogP contribution in [0.2, 0.25) is 0 Å². The predicted molar refractivity (Wildman–Crippen MR) is 67.3 cm³/mol. The molecule has 86 valence electrons. The minimum atomic E-state index is 0.887. The fourth-order valence-corrected chi connectivity index (χ4v) is 1.94. The number of nitrogens with one attached hydrogen (secondary N) is 2. The SMILES string of the molecule is CSCCCCCNCc1nc[nH]c1C. The van der Waals surface area contributed by atoms with Gasteiger partial charge in [0, 0.05) is 12.2 Å². The third-order valence-corrected chi connectivity index (χ3v) is 3.13. The molecule has 0 bridgehead atoms. The molecule has 0 aromatic carbocycles. The predicted octanol–water partition coefficient (Wildman–Crippen LogP) is 2.34. The number of aryl methyl sites for hydroxylation is 1. The molecule has 0 fully saturated rings. The van der Waals surface area contributed by atoms with Gasteiger partial charge in [0.2, 0.25) is 0 Å². The lowest BCUT2D eigenvalue weighted by atomic mass is 10.2. The number of nitrogens with zero attached hydrogens (tertiary/aromatic N) is 1. The first-order chi connectivity index (χ1) is 7.34. The zero-order valence-electron chi connectivity index (χ0n) is 9.68. The summed E-state index contributed by atoms with van der Waals surface area (Å²) >= 11 is 1.93. The van der Waals surface area contributed by atoms with Gasteiger partial charge in [-0.1, -0.05) is 6.42 Å². The van der Waals surface area contributed by atoms with Gasteiger partial charge in [-0.25, -0.2) is 4.98 Å². The molecular formula is C11H21N3S. The largest absolute Gasteiger partial charge is 0.348 e. The maximum atomic E-state index is 4.24. The first-order valence-electron chi connectivity index (χ1n) is 5.53. The molecule has 0 aliphatic heterocycles. The fraction of sp³-hybridized carbons (Fsp3) is 0.727. The summed E-state index contributed by atoms with van der Waals surface area (Å²) in [5, 5.41) is 3.42. The maximum Gasteiger partial charge on any atom is 0.0925 e. The van der Waals surface area contributed by atoms with E-state index in [1.165, 1.54) is 30.7 Å². The van der Waals surface area contributed by atoms with E-state index in [1.54, 1.807) is 6.33 Å². The van der Waals surface area contributed by atoms with Crippen molar-refractivity contribution in [3.63, 3.8) is 0 Å². The van der Waals surface area contributed by atoms with Gasteiger partial charge in [0.15, 0.2) is 0 Å². The van der Waals surface area contributed by atoms with Crippen LogP contribution in [0.4, 0.5) is 0 Å². The summed E-state index contributed by atoms with van der Waals surface area (Å²) in [5.74, 6) is 1.29. The van der Waals surface area contributed by atoms with Crippen LogP contribution in [0.25, 0.3) is 0 Å². The summed E-state index contributed by atoms with van der Waals surface area (Å²) in [5.41, 5.74) is 2.31. The van der Waals surface area contributed by atoms with Gasteiger partial charge in [-0.05, 0) is 38.3 Å². The minimum Gasteiger partial charge on any atom is -0.348 e. The standard InChI is InChI=1S/C11H21N3S/c1-10-11(14-9-13-10)8-12-6-4-3-5-7-15-2/h9,12H,3-8H2,1-2H3,(H,13,14). The zero-order valence-corrected chi connectivity index (χ0v) is 10.5. The van der Waals surface area contributed by atoms with E-state index in [1.807, 2.05) is 11.8 Å². The Bertz CT molecular complexity index is 260. The molecule has 15 heavy (non-hydrogen) atoms. The van der Waals surface area contributed by atoms with E-state index in [2.05, 4.69) is 28.5 Å². The molecule has 0 radical (unpaired) electrons. The van der Waals surface area contributed by atoms with Gasteiger partial charge < -0.3 is 10.3 Å². The van der Waals surface area contributed by atoms with E-state index in [0.29, 0.717) is 0 Å². The highest BCUT2D eigenvalue weighted by atomic mass is 32.2. The Kier molecular flexibility index (Phi) is 6.52. The summed E-state index contributed by atoms with van der Waals surface area (Å²) in [7, 11) is 0. The van der Waals surface area contributed by atoms with E-state index in [9.17, 15) is 0 Å². The Morgan fingerprint density at radius 2 is 2.27 bits per heavy atom. The Morgan fingerprint density at radius 3 is 2.93 bits per heavy atom. The normalized spacial score (nSPS) is 10.8. The summed E-state index contributed by atoms with van der Waals surface area (Å²) in [4.78, 5) is 7.33. The van der Waals surface area contributed by atoms with Crippen LogP contribution in [0.15, 0.2) is 6.33 Å². The van der Waals surface area contributed by atoms with Crippen molar-refractivity contribution in [2.75, 3.05) is 18.6 Å². The first-order valence-corrected chi connectivity index (χ1v) is 6.92. The third kappa shape index (κ3) is 5.23. The second-order valence-electron chi connectivity index (χ2n) is 3.70. The molecule has 0 saturated heterocycles. The maximum absolute atomic E-state index is 4.24. The number of aromatic nitrogens is 2. The highest BCUT2D eigenvalue weighted by Gasteiger charge is 1.98. The second-order valence-corrected chi connectivity index (χ2v) is 4.69. The van der Waals surface area contributed by atoms with Crippen LogP contribution in [0.3, 0.4) is 0 Å². The summed E-state index contributed by atoms with van der Waals surface area (Å²) in [6.07, 6.45) is 7.85. The van der Waals surface area contributed by atoms with E-state index < -0.39 is 0 Å². The lowest BCUT2D eigenvalue weighted by molar-refractivity contribution is 0.612. The van der Waals surface area contributed by atoms with Crippen molar-refractivity contribution in [1.82, 2.24) is 15.3 Å². The van der Waals surface area contributed by atoms with Gasteiger partial charge in [-0.3, -0.25) is 0 Å². The van der Waals surface area contributed by atoms with Crippen molar-refractivity contribution >= 4 is 11.8 Å². The van der Waals surface area contributed by atoms with E-state index in [4.69, 9.17) is 0 Å². The van der Waals surface area contributed by atoms with Crippen molar-refractivity contribution in [2.45, 2.75) is 32.7 Å². The molecule has 4 heteroatoms. The fourth-order valence-electron chi connectivity index (χ4n) is 1.45. The van der Waals surface area contributed by atoms with Crippen molar-refractivity contribution < 1.29 is 0 Å². The summed E-state index contributed by atoms with van der Waals surface area (Å²) in [6, 6.07) is 0. The van der Waals surface area contributed by atoms with Crippen LogP contribution in [0.1, 0.15) is 30.7 Å². The quantitative estimate of drug-likeness (QED) is 0.670. The minimum absolute atomic E-state index is 0.887.